The van der Waals surface area contributed by atoms with Crippen LogP contribution in [0.3, 0.4) is 0 Å². The van der Waals surface area contributed by atoms with Gasteiger partial charge in [0, 0.05) is 44.0 Å². The van der Waals surface area contributed by atoms with Gasteiger partial charge in [0.15, 0.2) is 0 Å². The van der Waals surface area contributed by atoms with E-state index in [0.717, 1.165) is 38.0 Å². The van der Waals surface area contributed by atoms with Crippen molar-refractivity contribution in [1.82, 2.24) is 24.9 Å². The number of piperidine rings is 1. The zero-order valence-electron chi connectivity index (χ0n) is 14.7. The number of hydrogen-bond donors (Lipinski definition) is 1. The predicted octanol–water partition coefficient (Wildman–Crippen LogP) is 2.85. The van der Waals surface area contributed by atoms with Gasteiger partial charge >= 0.3 is 0 Å². The van der Waals surface area contributed by atoms with E-state index in [1.165, 1.54) is 37.8 Å². The Hall–Kier alpha value is -1.95. The Morgan fingerprint density at radius 3 is 2.68 bits per heavy atom. The summed E-state index contributed by atoms with van der Waals surface area (Å²) in [6, 6.07) is 4.14. The summed E-state index contributed by atoms with van der Waals surface area (Å²) in [5, 5.41) is 8.91. The molecule has 0 bridgehead atoms. The SMILES string of the molecule is O=c1cc(CN2CCC(n3cc(C4CCCCC4)nn3)CC2)cc[nH]1. The van der Waals surface area contributed by atoms with E-state index in [0.29, 0.717) is 12.0 Å². The van der Waals surface area contributed by atoms with Crippen molar-refractivity contribution in [2.24, 2.45) is 0 Å². The van der Waals surface area contributed by atoms with Gasteiger partial charge in [-0.3, -0.25) is 9.69 Å². The minimum Gasteiger partial charge on any atom is -0.329 e. The van der Waals surface area contributed by atoms with Crippen LogP contribution in [0.2, 0.25) is 0 Å². The zero-order chi connectivity index (χ0) is 17.1. The molecule has 0 amide bonds. The summed E-state index contributed by atoms with van der Waals surface area (Å²) < 4.78 is 2.11. The molecule has 25 heavy (non-hydrogen) atoms. The van der Waals surface area contributed by atoms with Gasteiger partial charge in [-0.05, 0) is 37.3 Å². The van der Waals surface area contributed by atoms with Crippen LogP contribution in [-0.2, 0) is 6.54 Å². The molecule has 1 aliphatic heterocycles. The molecule has 6 nitrogen and oxygen atoms in total. The highest BCUT2D eigenvalue weighted by atomic mass is 16.1. The molecule has 3 heterocycles. The van der Waals surface area contributed by atoms with E-state index < -0.39 is 0 Å². The second-order valence-corrected chi connectivity index (χ2v) is 7.53. The number of nitrogens with zero attached hydrogens (tertiary/aromatic N) is 4. The first-order valence-electron chi connectivity index (χ1n) is 9.59. The molecule has 2 fully saturated rings. The first kappa shape index (κ1) is 16.5. The molecule has 0 aromatic carbocycles. The Morgan fingerprint density at radius 1 is 1.12 bits per heavy atom. The lowest BCUT2D eigenvalue weighted by atomic mass is 9.87. The highest BCUT2D eigenvalue weighted by Crippen LogP contribution is 2.32. The molecule has 1 N–H and O–H groups in total. The molecule has 4 rings (SSSR count). The smallest absolute Gasteiger partial charge is 0.248 e. The lowest BCUT2D eigenvalue weighted by Crippen LogP contribution is -2.34. The maximum absolute atomic E-state index is 11.4. The van der Waals surface area contributed by atoms with Gasteiger partial charge < -0.3 is 4.98 Å². The summed E-state index contributed by atoms with van der Waals surface area (Å²) >= 11 is 0. The van der Waals surface area contributed by atoms with Crippen molar-refractivity contribution < 1.29 is 0 Å². The fourth-order valence-electron chi connectivity index (χ4n) is 4.24. The maximum atomic E-state index is 11.4. The second-order valence-electron chi connectivity index (χ2n) is 7.53. The third-order valence-corrected chi connectivity index (χ3v) is 5.73. The molecule has 0 spiro atoms. The molecule has 134 valence electrons. The number of rotatable bonds is 4. The lowest BCUT2D eigenvalue weighted by Gasteiger charge is -2.31. The Bertz CT molecular complexity index is 738. The lowest BCUT2D eigenvalue weighted by molar-refractivity contribution is 0.172. The standard InChI is InChI=1S/C19H27N5O/c25-19-12-15(6-9-20-19)13-23-10-7-17(8-11-23)24-14-18(21-22-24)16-4-2-1-3-5-16/h6,9,12,14,16-17H,1-5,7-8,10-11,13H2,(H,20,25). The van der Waals surface area contributed by atoms with Crippen molar-refractivity contribution in [3.8, 4) is 0 Å². The number of pyridine rings is 1. The molecule has 0 radical (unpaired) electrons. The zero-order valence-corrected chi connectivity index (χ0v) is 14.7. The molecular formula is C19H27N5O. The number of hydrogen-bond acceptors (Lipinski definition) is 4. The molecule has 1 saturated heterocycles. The molecule has 0 atom stereocenters. The molecule has 2 aromatic heterocycles. The first-order chi connectivity index (χ1) is 12.3. The van der Waals surface area contributed by atoms with Crippen LogP contribution < -0.4 is 5.56 Å². The first-order valence-corrected chi connectivity index (χ1v) is 9.59. The number of aromatic amines is 1. The monoisotopic (exact) mass is 341 g/mol. The van der Waals surface area contributed by atoms with E-state index in [-0.39, 0.29) is 5.56 Å². The largest absolute Gasteiger partial charge is 0.329 e. The molecule has 6 heteroatoms. The van der Waals surface area contributed by atoms with Crippen LogP contribution in [0.4, 0.5) is 0 Å². The van der Waals surface area contributed by atoms with Crippen molar-refractivity contribution in [3.63, 3.8) is 0 Å². The van der Waals surface area contributed by atoms with Crippen LogP contribution in [0.25, 0.3) is 0 Å². The van der Waals surface area contributed by atoms with Crippen LogP contribution in [0.5, 0.6) is 0 Å². The van der Waals surface area contributed by atoms with E-state index >= 15 is 0 Å². The molecule has 0 unspecified atom stereocenters. The summed E-state index contributed by atoms with van der Waals surface area (Å²) in [6.07, 6.45) is 12.7. The third kappa shape index (κ3) is 4.00. The summed E-state index contributed by atoms with van der Waals surface area (Å²) in [5.74, 6) is 0.624. The van der Waals surface area contributed by atoms with Crippen LogP contribution in [0, 0.1) is 0 Å². The van der Waals surface area contributed by atoms with Gasteiger partial charge in [-0.25, -0.2) is 4.68 Å². The van der Waals surface area contributed by atoms with Gasteiger partial charge in [-0.2, -0.15) is 0 Å². The minimum absolute atomic E-state index is 0.0229. The van der Waals surface area contributed by atoms with Gasteiger partial charge in [0.1, 0.15) is 0 Å². The van der Waals surface area contributed by atoms with Crippen molar-refractivity contribution in [2.45, 2.75) is 63.5 Å². The Labute approximate surface area is 148 Å². The van der Waals surface area contributed by atoms with Gasteiger partial charge in [-0.1, -0.05) is 24.5 Å². The number of likely N-dealkylation sites (tertiary alicyclic amines) is 1. The summed E-state index contributed by atoms with van der Waals surface area (Å²) in [4.78, 5) is 16.5. The fraction of sp³-hybridized carbons (Fsp3) is 0.632. The summed E-state index contributed by atoms with van der Waals surface area (Å²) in [6.45, 7) is 2.92. The second kappa shape index (κ2) is 7.52. The van der Waals surface area contributed by atoms with E-state index in [4.69, 9.17) is 0 Å². The maximum Gasteiger partial charge on any atom is 0.248 e. The highest BCUT2D eigenvalue weighted by molar-refractivity contribution is 5.10. The van der Waals surface area contributed by atoms with E-state index in [9.17, 15) is 4.79 Å². The molecule has 2 aromatic rings. The van der Waals surface area contributed by atoms with Gasteiger partial charge in [-0.15, -0.1) is 5.10 Å². The van der Waals surface area contributed by atoms with Crippen molar-refractivity contribution in [1.29, 1.82) is 0 Å². The minimum atomic E-state index is -0.0229. The fourth-order valence-corrected chi connectivity index (χ4v) is 4.24. The van der Waals surface area contributed by atoms with Gasteiger partial charge in [0.05, 0.1) is 11.7 Å². The van der Waals surface area contributed by atoms with E-state index in [1.807, 2.05) is 6.07 Å². The van der Waals surface area contributed by atoms with Crippen LogP contribution in [-0.4, -0.2) is 38.0 Å². The van der Waals surface area contributed by atoms with E-state index in [1.54, 1.807) is 12.3 Å². The van der Waals surface area contributed by atoms with Crippen LogP contribution in [0.15, 0.2) is 29.3 Å². The quantitative estimate of drug-likeness (QED) is 0.928. The molecule has 1 saturated carbocycles. The van der Waals surface area contributed by atoms with Crippen molar-refractivity contribution in [2.75, 3.05) is 13.1 Å². The van der Waals surface area contributed by atoms with Crippen molar-refractivity contribution in [3.05, 3.63) is 46.1 Å². The number of H-pyrrole nitrogens is 1. The molecule has 2 aliphatic rings. The average molecular weight is 341 g/mol. The number of aromatic nitrogens is 4. The Kier molecular flexibility index (Phi) is 4.97. The third-order valence-electron chi connectivity index (χ3n) is 5.73. The van der Waals surface area contributed by atoms with Crippen molar-refractivity contribution >= 4 is 0 Å². The van der Waals surface area contributed by atoms with Gasteiger partial charge in [0.2, 0.25) is 5.56 Å². The van der Waals surface area contributed by atoms with Crippen LogP contribution >= 0.6 is 0 Å². The van der Waals surface area contributed by atoms with Gasteiger partial charge in [0.25, 0.3) is 0 Å². The summed E-state index contributed by atoms with van der Waals surface area (Å²) in [7, 11) is 0. The highest BCUT2D eigenvalue weighted by Gasteiger charge is 2.24. The normalized spacial score (nSPS) is 20.8. The topological polar surface area (TPSA) is 66.8 Å². The average Bonchev–Trinajstić information content (AvgIpc) is 3.13. The predicted molar refractivity (Wildman–Crippen MR) is 96.5 cm³/mol. The van der Waals surface area contributed by atoms with Crippen LogP contribution in [0.1, 0.15) is 68.2 Å². The Morgan fingerprint density at radius 2 is 1.92 bits per heavy atom. The van der Waals surface area contributed by atoms with E-state index in [2.05, 4.69) is 31.1 Å². The molecule has 1 aliphatic carbocycles. The Balaban J connectivity index is 1.32. The molecular weight excluding hydrogens is 314 g/mol. The summed E-state index contributed by atoms with van der Waals surface area (Å²) in [5.41, 5.74) is 2.26. The number of nitrogens with one attached hydrogen (secondary N) is 1.